The number of thiazole rings is 1. The van der Waals surface area contributed by atoms with Gasteiger partial charge in [-0.15, -0.1) is 0 Å². The van der Waals surface area contributed by atoms with E-state index in [2.05, 4.69) is 11.0 Å². The van der Waals surface area contributed by atoms with Crippen molar-refractivity contribution in [3.05, 3.63) is 48.0 Å². The topological polar surface area (TPSA) is 51.7 Å². The summed E-state index contributed by atoms with van der Waals surface area (Å²) >= 11 is 1.63. The number of benzene rings is 2. The van der Waals surface area contributed by atoms with Gasteiger partial charge in [0.1, 0.15) is 6.54 Å². The van der Waals surface area contributed by atoms with Crippen molar-refractivity contribution in [1.82, 2.24) is 14.4 Å². The van der Waals surface area contributed by atoms with E-state index in [1.54, 1.807) is 31.6 Å². The summed E-state index contributed by atoms with van der Waals surface area (Å²) in [5.74, 6) is 2.03. The number of likely N-dealkylation sites (tertiary alicyclic amines) is 1. The van der Waals surface area contributed by atoms with Crippen molar-refractivity contribution in [3.8, 4) is 11.5 Å². The van der Waals surface area contributed by atoms with Crippen LogP contribution in [-0.4, -0.2) is 62.7 Å². The lowest BCUT2D eigenvalue weighted by Crippen LogP contribution is -2.57. The van der Waals surface area contributed by atoms with Gasteiger partial charge < -0.3 is 9.47 Å². The zero-order chi connectivity index (χ0) is 25.1. The minimum atomic E-state index is 0.0412. The number of hydrogen-bond donors (Lipinski definition) is 0. The standard InChI is InChI=1S/C29H38N3O3S/c1-32(29-30-24-13-7-8-14-27(24)36-29,28(33)22-15-16-25(34-2)26(18-22)35-3)20-23-12-9-17-31(23)19-21-10-5-4-6-11-21/h7-8,13-16,18,21,23H,4-6,9-12,17,19-20H2,1-3H3/q+1/t23-,32?/m0/s1. The van der Waals surface area contributed by atoms with Gasteiger partial charge in [-0.25, -0.2) is 4.79 Å². The molecule has 1 aromatic heterocycles. The predicted octanol–water partition coefficient (Wildman–Crippen LogP) is 6.14. The molecule has 5 rings (SSSR count). The van der Waals surface area contributed by atoms with Gasteiger partial charge in [-0.3, -0.25) is 4.90 Å². The van der Waals surface area contributed by atoms with Crippen LogP contribution in [-0.2, 0) is 0 Å². The number of carbonyl (C=O) groups excluding carboxylic acids is 1. The van der Waals surface area contributed by atoms with E-state index in [9.17, 15) is 4.79 Å². The van der Waals surface area contributed by atoms with Gasteiger partial charge in [0.2, 0.25) is 0 Å². The monoisotopic (exact) mass is 508 g/mol. The zero-order valence-electron chi connectivity index (χ0n) is 21.7. The molecule has 6 nitrogen and oxygen atoms in total. The van der Waals surface area contributed by atoms with Crippen molar-refractivity contribution in [1.29, 1.82) is 0 Å². The Morgan fingerprint density at radius 1 is 1.03 bits per heavy atom. The summed E-state index contributed by atoms with van der Waals surface area (Å²) in [5.41, 5.74) is 1.57. The second-order valence-corrected chi connectivity index (χ2v) is 11.5. The van der Waals surface area contributed by atoms with E-state index >= 15 is 0 Å². The lowest BCUT2D eigenvalue weighted by Gasteiger charge is -2.36. The van der Waals surface area contributed by atoms with Crippen molar-refractivity contribution in [2.45, 2.75) is 51.0 Å². The van der Waals surface area contributed by atoms with Gasteiger partial charge in [0.05, 0.1) is 43.1 Å². The van der Waals surface area contributed by atoms with Crippen LogP contribution < -0.4 is 14.0 Å². The first-order valence-corrected chi connectivity index (χ1v) is 14.1. The molecule has 2 atom stereocenters. The molecule has 1 saturated carbocycles. The van der Waals surface area contributed by atoms with Crippen LogP contribution >= 0.6 is 11.3 Å². The zero-order valence-corrected chi connectivity index (χ0v) is 22.6. The number of carbonyl (C=O) groups is 1. The number of para-hydroxylation sites is 1. The van der Waals surface area contributed by atoms with Gasteiger partial charge in [-0.2, -0.15) is 9.47 Å². The fourth-order valence-corrected chi connectivity index (χ4v) is 7.10. The van der Waals surface area contributed by atoms with Gasteiger partial charge >= 0.3 is 5.91 Å². The van der Waals surface area contributed by atoms with Crippen molar-refractivity contribution in [3.63, 3.8) is 0 Å². The van der Waals surface area contributed by atoms with E-state index in [-0.39, 0.29) is 10.4 Å². The average Bonchev–Trinajstić information content (AvgIpc) is 3.55. The summed E-state index contributed by atoms with van der Waals surface area (Å²) in [6, 6.07) is 14.0. The molecular formula is C29H38N3O3S+. The third-order valence-electron chi connectivity index (χ3n) is 8.08. The van der Waals surface area contributed by atoms with E-state index in [1.807, 2.05) is 37.4 Å². The maximum atomic E-state index is 14.3. The summed E-state index contributed by atoms with van der Waals surface area (Å²) in [6.45, 7) is 3.01. The average molecular weight is 509 g/mol. The SMILES string of the molecule is COc1ccc(C(=O)[N+](C)(C[C@@H]2CCCN2CC2CCCCC2)c2nc3ccccc3s2)cc1OC. The molecule has 2 heterocycles. The molecule has 2 aromatic carbocycles. The summed E-state index contributed by atoms with van der Waals surface area (Å²) in [4.78, 5) is 22.0. The Kier molecular flexibility index (Phi) is 7.60. The second-order valence-electron chi connectivity index (χ2n) is 10.5. The minimum absolute atomic E-state index is 0.0412. The fraction of sp³-hybridized carbons (Fsp3) is 0.517. The van der Waals surface area contributed by atoms with Gasteiger partial charge in [-0.05, 0) is 62.4 Å². The number of amides is 1. The van der Waals surface area contributed by atoms with Crippen molar-refractivity contribution >= 4 is 32.6 Å². The molecule has 1 unspecified atom stereocenters. The molecule has 0 spiro atoms. The highest BCUT2D eigenvalue weighted by Crippen LogP contribution is 2.37. The van der Waals surface area contributed by atoms with Crippen LogP contribution in [0.4, 0.5) is 5.13 Å². The molecule has 1 aliphatic heterocycles. The maximum absolute atomic E-state index is 14.3. The van der Waals surface area contributed by atoms with Gasteiger partial charge in [-0.1, -0.05) is 42.7 Å². The molecule has 192 valence electrons. The third kappa shape index (κ3) is 5.01. The molecule has 2 aliphatic rings. The molecule has 3 aromatic rings. The highest BCUT2D eigenvalue weighted by Gasteiger charge is 2.44. The number of fused-ring (bicyclic) bond motifs is 1. The van der Waals surface area contributed by atoms with E-state index in [0.29, 0.717) is 23.1 Å². The Balaban J connectivity index is 1.49. The van der Waals surface area contributed by atoms with E-state index in [0.717, 1.165) is 47.3 Å². The minimum Gasteiger partial charge on any atom is -0.493 e. The number of likely N-dealkylation sites (N-methyl/N-ethyl adjacent to an activating group) is 1. The second kappa shape index (κ2) is 10.9. The van der Waals surface area contributed by atoms with Crippen molar-refractivity contribution in [2.75, 3.05) is 40.9 Å². The Bertz CT molecular complexity index is 1170. The van der Waals surface area contributed by atoms with E-state index < -0.39 is 0 Å². The number of hydrogen-bond acceptors (Lipinski definition) is 6. The Morgan fingerprint density at radius 3 is 2.56 bits per heavy atom. The Morgan fingerprint density at radius 2 is 1.81 bits per heavy atom. The summed E-state index contributed by atoms with van der Waals surface area (Å²) in [7, 11) is 5.27. The predicted molar refractivity (Wildman–Crippen MR) is 147 cm³/mol. The molecule has 1 amide bonds. The normalized spacial score (nSPS) is 20.9. The highest BCUT2D eigenvalue weighted by atomic mass is 32.1. The van der Waals surface area contributed by atoms with Crippen molar-refractivity contribution in [2.24, 2.45) is 5.92 Å². The number of rotatable bonds is 8. The first-order chi connectivity index (χ1) is 17.5. The highest BCUT2D eigenvalue weighted by molar-refractivity contribution is 7.22. The smallest absolute Gasteiger partial charge is 0.352 e. The van der Waals surface area contributed by atoms with Gasteiger partial charge in [0, 0.05) is 12.6 Å². The molecule has 36 heavy (non-hydrogen) atoms. The van der Waals surface area contributed by atoms with Gasteiger partial charge in [0.25, 0.3) is 5.13 Å². The lowest BCUT2D eigenvalue weighted by molar-refractivity contribution is 0.0747. The largest absolute Gasteiger partial charge is 0.493 e. The first kappa shape index (κ1) is 25.2. The molecule has 2 fully saturated rings. The van der Waals surface area contributed by atoms with Crippen LogP contribution in [0.1, 0.15) is 55.3 Å². The van der Waals surface area contributed by atoms with Crippen LogP contribution in [0.5, 0.6) is 11.5 Å². The van der Waals surface area contributed by atoms with Crippen LogP contribution in [0.3, 0.4) is 0 Å². The van der Waals surface area contributed by atoms with E-state index in [1.165, 1.54) is 38.5 Å². The molecule has 0 radical (unpaired) electrons. The third-order valence-corrected chi connectivity index (χ3v) is 9.32. The molecule has 1 saturated heterocycles. The van der Waals surface area contributed by atoms with Crippen molar-refractivity contribution < 1.29 is 14.3 Å². The molecule has 0 bridgehead atoms. The Labute approximate surface area is 218 Å². The lowest BCUT2D eigenvalue weighted by atomic mass is 9.89. The number of quaternary nitrogens is 1. The van der Waals surface area contributed by atoms with Crippen LogP contribution in [0.15, 0.2) is 42.5 Å². The summed E-state index contributed by atoms with van der Waals surface area (Å²) < 4.78 is 12.2. The number of nitrogens with zero attached hydrogens (tertiary/aromatic N) is 3. The maximum Gasteiger partial charge on any atom is 0.352 e. The summed E-state index contributed by atoms with van der Waals surface area (Å²) in [5, 5.41) is 0.848. The summed E-state index contributed by atoms with van der Waals surface area (Å²) in [6.07, 6.45) is 9.12. The molecule has 0 N–H and O–H groups in total. The van der Waals surface area contributed by atoms with Gasteiger partial charge in [0.15, 0.2) is 11.5 Å². The Hall–Kier alpha value is -2.48. The van der Waals surface area contributed by atoms with E-state index in [4.69, 9.17) is 14.5 Å². The fourth-order valence-electron chi connectivity index (χ4n) is 6.04. The molecular weight excluding hydrogens is 470 g/mol. The molecule has 7 heteroatoms. The first-order valence-electron chi connectivity index (χ1n) is 13.2. The van der Waals surface area contributed by atoms with Crippen LogP contribution in [0, 0.1) is 5.92 Å². The quantitative estimate of drug-likeness (QED) is 0.342. The number of methoxy groups -OCH3 is 2. The van der Waals surface area contributed by atoms with Crippen LogP contribution in [0.25, 0.3) is 10.2 Å². The number of ether oxygens (including phenoxy) is 2. The molecule has 1 aliphatic carbocycles. The van der Waals surface area contributed by atoms with Crippen LogP contribution in [0.2, 0.25) is 0 Å². The number of aromatic nitrogens is 1.